The molecule has 0 spiro atoms. The van der Waals surface area contributed by atoms with Crippen molar-refractivity contribution in [1.82, 2.24) is 42.1 Å². The summed E-state index contributed by atoms with van der Waals surface area (Å²) < 4.78 is 0. The van der Waals surface area contributed by atoms with Gasteiger partial charge in [0, 0.05) is 19.4 Å². The fraction of sp³-hybridized carbons (Fsp3) is 0.512. The summed E-state index contributed by atoms with van der Waals surface area (Å²) in [7, 11) is 0. The Morgan fingerprint density at radius 1 is 0.600 bits per heavy atom. The van der Waals surface area contributed by atoms with Crippen LogP contribution in [0.5, 0.6) is 11.5 Å². The molecule has 2 aliphatic heterocycles. The number of fused-ring (bicyclic) bond motifs is 1. The Labute approximate surface area is 347 Å². The molecule has 0 radical (unpaired) electrons. The van der Waals surface area contributed by atoms with Gasteiger partial charge in [-0.15, -0.1) is 0 Å². The minimum Gasteiger partial charge on any atom is -0.508 e. The lowest BCUT2D eigenvalue weighted by atomic mass is 9.99. The number of carbonyl (C=O) groups is 8. The lowest BCUT2D eigenvalue weighted by Gasteiger charge is -2.30. The Morgan fingerprint density at radius 3 is 1.67 bits per heavy atom. The summed E-state index contributed by atoms with van der Waals surface area (Å²) >= 11 is 0. The van der Waals surface area contributed by atoms with Gasteiger partial charge in [-0.2, -0.15) is 0 Å². The van der Waals surface area contributed by atoms with Crippen LogP contribution >= 0.6 is 0 Å². The quantitative estimate of drug-likeness (QED) is 0.142. The molecule has 6 atom stereocenters. The average molecular weight is 837 g/mol. The van der Waals surface area contributed by atoms with Gasteiger partial charge in [-0.05, 0) is 66.5 Å². The van der Waals surface area contributed by atoms with Gasteiger partial charge in [0.25, 0.3) is 0 Å². The van der Waals surface area contributed by atoms with Crippen LogP contribution in [0.4, 0.5) is 0 Å². The van der Waals surface area contributed by atoms with Gasteiger partial charge >= 0.3 is 0 Å². The highest BCUT2D eigenvalue weighted by Crippen LogP contribution is 2.21. The minimum absolute atomic E-state index is 0.0383. The molecule has 326 valence electrons. The van der Waals surface area contributed by atoms with E-state index >= 15 is 0 Å². The van der Waals surface area contributed by atoms with Crippen LogP contribution in [-0.4, -0.2) is 130 Å². The molecule has 2 aromatic carbocycles. The third-order valence-corrected chi connectivity index (χ3v) is 10.1. The lowest BCUT2D eigenvalue weighted by Crippen LogP contribution is -2.61. The first-order chi connectivity index (χ1) is 28.4. The third kappa shape index (κ3) is 13.4. The molecule has 2 saturated heterocycles. The van der Waals surface area contributed by atoms with Crippen molar-refractivity contribution in [3.8, 4) is 11.5 Å². The van der Waals surface area contributed by atoms with Crippen molar-refractivity contribution in [2.45, 2.75) is 96.1 Å². The first-order valence-corrected chi connectivity index (χ1v) is 20.0. The predicted molar refractivity (Wildman–Crippen MR) is 215 cm³/mol. The van der Waals surface area contributed by atoms with Crippen LogP contribution in [0.1, 0.15) is 58.1 Å². The maximum Gasteiger partial charge on any atom is 0.246 e. The second kappa shape index (κ2) is 21.7. The van der Waals surface area contributed by atoms with Crippen molar-refractivity contribution in [3.05, 3.63) is 59.7 Å². The molecule has 19 heteroatoms. The average Bonchev–Trinajstić information content (AvgIpc) is 3.70. The van der Waals surface area contributed by atoms with Crippen LogP contribution in [0.3, 0.4) is 0 Å². The first-order valence-electron chi connectivity index (χ1n) is 20.0. The Kier molecular flexibility index (Phi) is 16.8. The first kappa shape index (κ1) is 46.4. The van der Waals surface area contributed by atoms with E-state index < -0.39 is 109 Å². The van der Waals surface area contributed by atoms with Crippen molar-refractivity contribution in [3.63, 3.8) is 0 Å². The summed E-state index contributed by atoms with van der Waals surface area (Å²) in [5.74, 6) is -6.82. The third-order valence-electron chi connectivity index (χ3n) is 10.1. The molecule has 8 amide bonds. The van der Waals surface area contributed by atoms with E-state index in [9.17, 15) is 53.7 Å². The molecule has 60 heavy (non-hydrogen) atoms. The van der Waals surface area contributed by atoms with Gasteiger partial charge in [0.05, 0.1) is 19.7 Å². The molecule has 0 bridgehead atoms. The molecular formula is C41H56N8O11. The molecule has 4 rings (SSSR count). The number of aromatic hydroxyl groups is 2. The van der Waals surface area contributed by atoms with Crippen molar-refractivity contribution in [1.29, 1.82) is 0 Å². The molecule has 10 N–H and O–H groups in total. The molecule has 0 unspecified atom stereocenters. The second-order valence-electron chi connectivity index (χ2n) is 15.8. The number of benzene rings is 2. The van der Waals surface area contributed by atoms with E-state index in [1.54, 1.807) is 39.8 Å². The van der Waals surface area contributed by atoms with E-state index in [0.717, 1.165) is 0 Å². The van der Waals surface area contributed by atoms with Gasteiger partial charge in [-0.25, -0.2) is 0 Å². The predicted octanol–water partition coefficient (Wildman–Crippen LogP) is -1.76. The summed E-state index contributed by atoms with van der Waals surface area (Å²) in [4.78, 5) is 110. The number of hydrogen-bond donors (Lipinski definition) is 10. The SMILES string of the molecule is CC(C)C[C@@H]1NC(=O)[C@H](C(C)C)NC(=O)CNC(=O)CNC(=O)[C@@H]2CCCN2C(=O)[C@H](Cc2ccc(O)cc2)NC(=O)[C@H](Cc2ccc(O)cc2)NC(=O)[C@H](CO)NC1=O. The fourth-order valence-electron chi connectivity index (χ4n) is 6.91. The normalized spacial score (nSPS) is 24.6. The molecule has 2 aliphatic rings. The zero-order chi connectivity index (χ0) is 44.1. The number of nitrogens with zero attached hydrogens (tertiary/aromatic N) is 1. The molecule has 0 aliphatic carbocycles. The van der Waals surface area contributed by atoms with E-state index in [1.165, 1.54) is 41.3 Å². The monoisotopic (exact) mass is 836 g/mol. The number of carbonyl (C=O) groups excluding carboxylic acids is 8. The molecule has 0 aromatic heterocycles. The van der Waals surface area contributed by atoms with E-state index in [2.05, 4.69) is 37.2 Å². The molecule has 2 fully saturated rings. The highest BCUT2D eigenvalue weighted by atomic mass is 16.3. The van der Waals surface area contributed by atoms with E-state index in [4.69, 9.17) is 0 Å². The number of amides is 8. The van der Waals surface area contributed by atoms with Gasteiger partial charge in [-0.1, -0.05) is 52.0 Å². The largest absolute Gasteiger partial charge is 0.508 e. The molecule has 19 nitrogen and oxygen atoms in total. The number of rotatable bonds is 8. The van der Waals surface area contributed by atoms with Crippen LogP contribution in [0.25, 0.3) is 0 Å². The Balaban J connectivity index is 1.73. The molecular weight excluding hydrogens is 780 g/mol. The van der Waals surface area contributed by atoms with Crippen molar-refractivity contribution < 1.29 is 53.7 Å². The Bertz CT molecular complexity index is 1870. The molecule has 2 aromatic rings. The number of nitrogens with one attached hydrogen (secondary N) is 7. The van der Waals surface area contributed by atoms with Crippen LogP contribution < -0.4 is 37.2 Å². The zero-order valence-electron chi connectivity index (χ0n) is 34.2. The maximum atomic E-state index is 14.3. The highest BCUT2D eigenvalue weighted by molar-refractivity contribution is 5.98. The number of phenolic OH excluding ortho intramolecular Hbond substituents is 2. The van der Waals surface area contributed by atoms with Crippen LogP contribution in [0.15, 0.2) is 48.5 Å². The van der Waals surface area contributed by atoms with E-state index in [1.807, 2.05) is 0 Å². The number of aliphatic hydroxyl groups is 1. The lowest BCUT2D eigenvalue weighted by molar-refractivity contribution is -0.142. The number of aliphatic hydroxyl groups excluding tert-OH is 1. The van der Waals surface area contributed by atoms with Crippen molar-refractivity contribution in [2.75, 3.05) is 26.2 Å². The van der Waals surface area contributed by atoms with Gasteiger partial charge in [0.1, 0.15) is 47.8 Å². The van der Waals surface area contributed by atoms with Crippen molar-refractivity contribution >= 4 is 47.3 Å². The number of hydrogen-bond acceptors (Lipinski definition) is 11. The van der Waals surface area contributed by atoms with Gasteiger partial charge in [-0.3, -0.25) is 38.4 Å². The molecule has 2 heterocycles. The zero-order valence-corrected chi connectivity index (χ0v) is 34.2. The minimum atomic E-state index is -1.62. The van der Waals surface area contributed by atoms with Gasteiger partial charge in [0.15, 0.2) is 0 Å². The number of phenols is 2. The summed E-state index contributed by atoms with van der Waals surface area (Å²) in [5, 5.41) is 47.9. The van der Waals surface area contributed by atoms with Crippen LogP contribution in [0.2, 0.25) is 0 Å². The summed E-state index contributed by atoms with van der Waals surface area (Å²) in [6, 6.07) is 3.94. The van der Waals surface area contributed by atoms with Gasteiger partial charge in [0.2, 0.25) is 47.3 Å². The molecule has 0 saturated carbocycles. The van der Waals surface area contributed by atoms with E-state index in [-0.39, 0.29) is 49.6 Å². The fourth-order valence-corrected chi connectivity index (χ4v) is 6.91. The Morgan fingerprint density at radius 2 is 1.10 bits per heavy atom. The summed E-state index contributed by atoms with van der Waals surface area (Å²) in [6.07, 6.45) is 0.488. The van der Waals surface area contributed by atoms with Crippen LogP contribution in [-0.2, 0) is 51.2 Å². The highest BCUT2D eigenvalue weighted by Gasteiger charge is 2.39. The summed E-state index contributed by atoms with van der Waals surface area (Å²) in [6.45, 7) is 5.06. The summed E-state index contributed by atoms with van der Waals surface area (Å²) in [5.41, 5.74) is 1.02. The van der Waals surface area contributed by atoms with Crippen molar-refractivity contribution in [2.24, 2.45) is 11.8 Å². The topological polar surface area (TPSA) is 285 Å². The van der Waals surface area contributed by atoms with Crippen LogP contribution in [0, 0.1) is 11.8 Å². The second-order valence-corrected chi connectivity index (χ2v) is 15.8. The van der Waals surface area contributed by atoms with E-state index in [0.29, 0.717) is 17.5 Å². The Hall–Kier alpha value is -6.24. The maximum absolute atomic E-state index is 14.3. The van der Waals surface area contributed by atoms with Gasteiger partial charge < -0.3 is 57.4 Å². The smallest absolute Gasteiger partial charge is 0.246 e. The standard InChI is InChI=1S/C41H56N8O11/c1-22(2)16-28-36(55)47-31(21-50)38(57)44-29(17-24-7-11-26(51)12-8-24)37(56)46-30(18-25-9-13-27(52)14-10-25)41(60)49-15-5-6-32(49)39(58)43-19-33(53)42-20-34(54)48-35(23(3)4)40(59)45-28/h7-14,22-23,28-32,35,50-52H,5-6,15-21H2,1-4H3,(H,42,53)(H,43,58)(H,44,57)(H,45,59)(H,46,56)(H,47,55)(H,48,54)/t28-,29-,30-,31-,32-,35-/m0/s1.